The van der Waals surface area contributed by atoms with E-state index < -0.39 is 11.4 Å². The number of carboxylic acid groups (broad SMARTS) is 1. The molecule has 0 saturated heterocycles. The van der Waals surface area contributed by atoms with Gasteiger partial charge in [-0.1, -0.05) is 20.3 Å². The number of hydrogen-bond acceptors (Lipinski definition) is 2. The van der Waals surface area contributed by atoms with Crippen molar-refractivity contribution in [1.82, 2.24) is 0 Å². The molecule has 0 radical (unpaired) electrons. The number of carboxylic acids is 1. The fourth-order valence-electron chi connectivity index (χ4n) is 1.15. The minimum absolute atomic E-state index is 0.288. The second-order valence-electron chi connectivity index (χ2n) is 4.60. The third kappa shape index (κ3) is 5.22. The third-order valence-electron chi connectivity index (χ3n) is 2.23. The molecule has 84 valence electrons. The number of aliphatic carboxylic acids is 1. The van der Waals surface area contributed by atoms with Gasteiger partial charge in [-0.2, -0.15) is 0 Å². The molecule has 0 rings (SSSR count). The van der Waals surface area contributed by atoms with E-state index in [0.717, 1.165) is 12.8 Å². The summed E-state index contributed by atoms with van der Waals surface area (Å²) in [5.41, 5.74) is -0.772. The molecule has 1 N–H and O–H groups in total. The van der Waals surface area contributed by atoms with Gasteiger partial charge in [0, 0.05) is 6.61 Å². The molecule has 0 spiro atoms. The summed E-state index contributed by atoms with van der Waals surface area (Å²) in [4.78, 5) is 10.7. The van der Waals surface area contributed by atoms with E-state index in [4.69, 9.17) is 9.84 Å². The first kappa shape index (κ1) is 13.4. The lowest BCUT2D eigenvalue weighted by Crippen LogP contribution is -2.30. The van der Waals surface area contributed by atoms with Gasteiger partial charge in [-0.15, -0.1) is 0 Å². The van der Waals surface area contributed by atoms with Gasteiger partial charge in [0.2, 0.25) is 0 Å². The zero-order chi connectivity index (χ0) is 11.2. The maximum Gasteiger partial charge on any atom is 0.311 e. The van der Waals surface area contributed by atoms with E-state index >= 15 is 0 Å². The quantitative estimate of drug-likeness (QED) is 0.690. The highest BCUT2D eigenvalue weighted by molar-refractivity contribution is 5.73. The number of rotatable bonds is 7. The molecule has 0 saturated carbocycles. The minimum atomic E-state index is -0.805. The molecule has 0 aromatic heterocycles. The minimum Gasteiger partial charge on any atom is -0.481 e. The van der Waals surface area contributed by atoms with Crippen molar-refractivity contribution in [2.24, 2.45) is 11.3 Å². The van der Waals surface area contributed by atoms with E-state index in [1.54, 1.807) is 13.8 Å². The van der Waals surface area contributed by atoms with Crippen molar-refractivity contribution in [2.45, 2.75) is 40.5 Å². The van der Waals surface area contributed by atoms with Crippen LogP contribution in [0.15, 0.2) is 0 Å². The molecule has 0 fully saturated rings. The van der Waals surface area contributed by atoms with Crippen molar-refractivity contribution in [3.05, 3.63) is 0 Å². The van der Waals surface area contributed by atoms with Gasteiger partial charge < -0.3 is 9.84 Å². The average Bonchev–Trinajstić information content (AvgIpc) is 2.04. The normalized spacial score (nSPS) is 14.0. The van der Waals surface area contributed by atoms with Crippen LogP contribution in [0.5, 0.6) is 0 Å². The molecule has 0 bridgehead atoms. The van der Waals surface area contributed by atoms with Crippen molar-refractivity contribution in [3.8, 4) is 0 Å². The summed E-state index contributed by atoms with van der Waals surface area (Å²) in [5.74, 6) is -0.287. The van der Waals surface area contributed by atoms with Crippen LogP contribution in [0.3, 0.4) is 0 Å². The Labute approximate surface area is 86.5 Å². The van der Waals surface area contributed by atoms with E-state index in [1.165, 1.54) is 0 Å². The van der Waals surface area contributed by atoms with Crippen LogP contribution in [-0.4, -0.2) is 24.3 Å². The summed E-state index contributed by atoms with van der Waals surface area (Å²) < 4.78 is 5.39. The maximum atomic E-state index is 10.7. The van der Waals surface area contributed by atoms with Crippen molar-refractivity contribution in [2.75, 3.05) is 13.2 Å². The maximum absolute atomic E-state index is 10.7. The Kier molecular flexibility index (Phi) is 5.77. The molecular formula is C11H22O3. The number of carbonyl (C=O) groups is 1. The van der Waals surface area contributed by atoms with Crippen LogP contribution in [0.25, 0.3) is 0 Å². The van der Waals surface area contributed by atoms with Crippen LogP contribution in [0.1, 0.15) is 40.5 Å². The first-order valence-electron chi connectivity index (χ1n) is 5.21. The second kappa shape index (κ2) is 6.02. The van der Waals surface area contributed by atoms with Gasteiger partial charge in [-0.05, 0) is 26.2 Å². The highest BCUT2D eigenvalue weighted by atomic mass is 16.5. The Morgan fingerprint density at radius 2 is 2.07 bits per heavy atom. The van der Waals surface area contributed by atoms with Gasteiger partial charge in [-0.3, -0.25) is 4.79 Å². The van der Waals surface area contributed by atoms with Crippen LogP contribution in [0.2, 0.25) is 0 Å². The first-order valence-corrected chi connectivity index (χ1v) is 5.21. The molecule has 3 nitrogen and oxygen atoms in total. The van der Waals surface area contributed by atoms with E-state index in [2.05, 4.69) is 13.8 Å². The summed E-state index contributed by atoms with van der Waals surface area (Å²) in [5, 5.41) is 8.83. The van der Waals surface area contributed by atoms with Gasteiger partial charge in [0.05, 0.1) is 12.0 Å². The highest BCUT2D eigenvalue weighted by Crippen LogP contribution is 2.16. The van der Waals surface area contributed by atoms with Gasteiger partial charge in [0.25, 0.3) is 0 Å². The Hall–Kier alpha value is -0.570. The van der Waals surface area contributed by atoms with Crippen molar-refractivity contribution in [1.29, 1.82) is 0 Å². The largest absolute Gasteiger partial charge is 0.481 e. The molecule has 0 aliphatic carbocycles. The SMILES string of the molecule is CCCC(C)COCC(C)(C)C(=O)O. The van der Waals surface area contributed by atoms with Gasteiger partial charge >= 0.3 is 5.97 Å². The zero-order valence-corrected chi connectivity index (χ0v) is 9.67. The lowest BCUT2D eigenvalue weighted by molar-refractivity contribution is -0.150. The van der Waals surface area contributed by atoms with Gasteiger partial charge in [-0.25, -0.2) is 0 Å². The predicted octanol–water partition coefficient (Wildman–Crippen LogP) is 2.55. The second-order valence-corrected chi connectivity index (χ2v) is 4.60. The topological polar surface area (TPSA) is 46.5 Å². The summed E-state index contributed by atoms with van der Waals surface area (Å²) in [6.07, 6.45) is 2.28. The Bertz CT molecular complexity index is 175. The molecule has 0 aliphatic rings. The summed E-state index contributed by atoms with van der Waals surface area (Å²) in [6.45, 7) is 8.57. The highest BCUT2D eigenvalue weighted by Gasteiger charge is 2.27. The number of hydrogen-bond donors (Lipinski definition) is 1. The fourth-order valence-corrected chi connectivity index (χ4v) is 1.15. The monoisotopic (exact) mass is 202 g/mol. The van der Waals surface area contributed by atoms with Crippen LogP contribution in [0, 0.1) is 11.3 Å². The summed E-state index contributed by atoms with van der Waals surface area (Å²) in [7, 11) is 0. The molecule has 1 unspecified atom stereocenters. The van der Waals surface area contributed by atoms with Crippen LogP contribution < -0.4 is 0 Å². The van der Waals surface area contributed by atoms with Crippen molar-refractivity contribution in [3.63, 3.8) is 0 Å². The Morgan fingerprint density at radius 1 is 1.50 bits per heavy atom. The van der Waals surface area contributed by atoms with Crippen LogP contribution in [0.4, 0.5) is 0 Å². The Balaban J connectivity index is 3.68. The molecule has 0 aliphatic heterocycles. The lowest BCUT2D eigenvalue weighted by Gasteiger charge is -2.20. The molecule has 0 aromatic carbocycles. The smallest absolute Gasteiger partial charge is 0.311 e. The molecule has 0 heterocycles. The average molecular weight is 202 g/mol. The van der Waals surface area contributed by atoms with E-state index in [9.17, 15) is 4.79 Å². The van der Waals surface area contributed by atoms with E-state index in [0.29, 0.717) is 12.5 Å². The first-order chi connectivity index (χ1) is 6.40. The fraction of sp³-hybridized carbons (Fsp3) is 0.909. The molecule has 3 heteroatoms. The van der Waals surface area contributed by atoms with Gasteiger partial charge in [0.15, 0.2) is 0 Å². The summed E-state index contributed by atoms with van der Waals surface area (Å²) >= 11 is 0. The van der Waals surface area contributed by atoms with E-state index in [1.807, 2.05) is 0 Å². The molecule has 0 aromatic rings. The third-order valence-corrected chi connectivity index (χ3v) is 2.23. The summed E-state index contributed by atoms with van der Waals surface area (Å²) in [6, 6.07) is 0. The molecule has 1 atom stereocenters. The Morgan fingerprint density at radius 3 is 2.50 bits per heavy atom. The van der Waals surface area contributed by atoms with Gasteiger partial charge in [0.1, 0.15) is 0 Å². The lowest BCUT2D eigenvalue weighted by atomic mass is 9.95. The molecule has 14 heavy (non-hydrogen) atoms. The predicted molar refractivity (Wildman–Crippen MR) is 56.3 cm³/mol. The van der Waals surface area contributed by atoms with Crippen molar-refractivity contribution < 1.29 is 14.6 Å². The zero-order valence-electron chi connectivity index (χ0n) is 9.67. The van der Waals surface area contributed by atoms with Crippen molar-refractivity contribution >= 4 is 5.97 Å². The molecule has 0 amide bonds. The standard InChI is InChI=1S/C11H22O3/c1-5-6-9(2)7-14-8-11(3,4)10(12)13/h9H,5-8H2,1-4H3,(H,12,13). The van der Waals surface area contributed by atoms with E-state index in [-0.39, 0.29) is 6.61 Å². The molecular weight excluding hydrogens is 180 g/mol. The van der Waals surface area contributed by atoms with Crippen LogP contribution >= 0.6 is 0 Å². The number of ether oxygens (including phenoxy) is 1. The van der Waals surface area contributed by atoms with Crippen LogP contribution in [-0.2, 0) is 9.53 Å².